The van der Waals surface area contributed by atoms with Gasteiger partial charge in [-0.25, -0.2) is 0 Å². The lowest BCUT2D eigenvalue weighted by Gasteiger charge is -2.07. The number of halogens is 2. The first kappa shape index (κ1) is 15.1. The smallest absolute Gasteiger partial charge is 0.289 e. The molecule has 0 bridgehead atoms. The highest BCUT2D eigenvalue weighted by atomic mass is 35.5. The van der Waals surface area contributed by atoms with E-state index in [0.29, 0.717) is 5.69 Å². The third-order valence-corrected chi connectivity index (χ3v) is 3.31. The first-order valence-corrected chi connectivity index (χ1v) is 6.44. The van der Waals surface area contributed by atoms with Crippen molar-refractivity contribution in [3.63, 3.8) is 0 Å². The van der Waals surface area contributed by atoms with Crippen molar-refractivity contribution in [1.82, 2.24) is 0 Å². The Morgan fingerprint density at radius 2 is 1.86 bits per heavy atom. The monoisotopic (exact) mass is 325 g/mol. The van der Waals surface area contributed by atoms with Gasteiger partial charge in [0.15, 0.2) is 0 Å². The van der Waals surface area contributed by atoms with Crippen LogP contribution in [-0.2, 0) is 0 Å². The molecule has 0 saturated heterocycles. The number of hydrogen-bond acceptors (Lipinski definition) is 4. The van der Waals surface area contributed by atoms with Gasteiger partial charge in [-0.3, -0.25) is 14.9 Å². The van der Waals surface area contributed by atoms with Gasteiger partial charge in [0, 0.05) is 17.3 Å². The van der Waals surface area contributed by atoms with Gasteiger partial charge in [-0.05, 0) is 30.3 Å². The van der Waals surface area contributed by atoms with Crippen LogP contribution in [-0.4, -0.2) is 10.8 Å². The predicted octanol–water partition coefficient (Wildman–Crippen LogP) is 3.74. The van der Waals surface area contributed by atoms with Gasteiger partial charge in [-0.15, -0.1) is 0 Å². The quantitative estimate of drug-likeness (QED) is 0.510. The Labute approximate surface area is 129 Å². The highest BCUT2D eigenvalue weighted by Gasteiger charge is 2.14. The minimum Gasteiger partial charge on any atom is -0.398 e. The van der Waals surface area contributed by atoms with Gasteiger partial charge in [0.05, 0.1) is 15.6 Å². The molecule has 0 heterocycles. The van der Waals surface area contributed by atoms with E-state index in [4.69, 9.17) is 28.9 Å². The Hall–Kier alpha value is -2.31. The van der Waals surface area contributed by atoms with Crippen molar-refractivity contribution in [2.75, 3.05) is 11.1 Å². The van der Waals surface area contributed by atoms with Crippen molar-refractivity contribution >= 4 is 46.2 Å². The van der Waals surface area contributed by atoms with Crippen LogP contribution < -0.4 is 11.1 Å². The summed E-state index contributed by atoms with van der Waals surface area (Å²) >= 11 is 11.5. The second-order valence-corrected chi connectivity index (χ2v) is 4.93. The Morgan fingerprint density at radius 3 is 2.48 bits per heavy atom. The Bertz CT molecular complexity index is 735. The zero-order valence-corrected chi connectivity index (χ0v) is 12.0. The number of nitrogen functional groups attached to an aromatic ring is 1. The van der Waals surface area contributed by atoms with Gasteiger partial charge in [0.25, 0.3) is 11.6 Å². The maximum absolute atomic E-state index is 12.0. The van der Waals surface area contributed by atoms with Gasteiger partial charge in [0.2, 0.25) is 0 Å². The molecule has 0 atom stereocenters. The van der Waals surface area contributed by atoms with E-state index in [-0.39, 0.29) is 27.0 Å². The third-order valence-electron chi connectivity index (χ3n) is 2.66. The number of nitro benzene ring substituents is 1. The number of hydrogen-bond donors (Lipinski definition) is 2. The SMILES string of the molecule is Nc1ccc(C(=O)Nc2ccc(Cl)c([N+](=O)[O-])c2)cc1Cl. The normalized spacial score (nSPS) is 10.2. The first-order chi connectivity index (χ1) is 9.88. The number of rotatable bonds is 3. The summed E-state index contributed by atoms with van der Waals surface area (Å²) in [6.45, 7) is 0. The molecule has 2 rings (SSSR count). The fraction of sp³-hybridized carbons (Fsp3) is 0. The van der Waals surface area contributed by atoms with Crippen molar-refractivity contribution in [2.45, 2.75) is 0 Å². The zero-order chi connectivity index (χ0) is 15.6. The maximum Gasteiger partial charge on any atom is 0.289 e. The van der Waals surface area contributed by atoms with Crippen molar-refractivity contribution in [3.05, 3.63) is 62.1 Å². The molecule has 0 unspecified atom stereocenters. The summed E-state index contributed by atoms with van der Waals surface area (Å²) in [5.74, 6) is -0.464. The fourth-order valence-corrected chi connectivity index (χ4v) is 1.97. The molecule has 0 aliphatic rings. The summed E-state index contributed by atoms with van der Waals surface area (Å²) in [5, 5.41) is 13.6. The van der Waals surface area contributed by atoms with E-state index in [9.17, 15) is 14.9 Å². The summed E-state index contributed by atoms with van der Waals surface area (Å²) < 4.78 is 0. The molecule has 1 amide bonds. The number of nitro groups is 1. The third kappa shape index (κ3) is 3.42. The largest absolute Gasteiger partial charge is 0.398 e. The Kier molecular flexibility index (Phi) is 4.30. The maximum atomic E-state index is 12.0. The highest BCUT2D eigenvalue weighted by Crippen LogP contribution is 2.28. The van der Waals surface area contributed by atoms with Gasteiger partial charge < -0.3 is 11.1 Å². The van der Waals surface area contributed by atoms with Crippen LogP contribution in [0.4, 0.5) is 17.1 Å². The summed E-state index contributed by atoms with van der Waals surface area (Å²) in [7, 11) is 0. The summed E-state index contributed by atoms with van der Waals surface area (Å²) in [6, 6.07) is 8.40. The van der Waals surface area contributed by atoms with E-state index in [1.165, 1.54) is 36.4 Å². The van der Waals surface area contributed by atoms with E-state index in [0.717, 1.165) is 0 Å². The molecule has 21 heavy (non-hydrogen) atoms. The average Bonchev–Trinajstić information content (AvgIpc) is 2.43. The lowest BCUT2D eigenvalue weighted by molar-refractivity contribution is -0.384. The molecule has 0 aromatic heterocycles. The molecule has 0 spiro atoms. The van der Waals surface area contributed by atoms with E-state index in [1.807, 2.05) is 0 Å². The van der Waals surface area contributed by atoms with Crippen molar-refractivity contribution in [3.8, 4) is 0 Å². The van der Waals surface area contributed by atoms with Crippen molar-refractivity contribution in [2.24, 2.45) is 0 Å². The van der Waals surface area contributed by atoms with Crippen LogP contribution in [0.2, 0.25) is 10.0 Å². The average molecular weight is 326 g/mol. The van der Waals surface area contributed by atoms with Gasteiger partial charge >= 0.3 is 0 Å². The molecule has 8 heteroatoms. The van der Waals surface area contributed by atoms with Crippen LogP contribution >= 0.6 is 23.2 Å². The number of benzene rings is 2. The number of anilines is 2. The predicted molar refractivity (Wildman–Crippen MR) is 81.9 cm³/mol. The van der Waals surface area contributed by atoms with Crippen LogP contribution in [0.25, 0.3) is 0 Å². The van der Waals surface area contributed by atoms with Gasteiger partial charge in [-0.2, -0.15) is 0 Å². The Morgan fingerprint density at radius 1 is 1.14 bits per heavy atom. The van der Waals surface area contributed by atoms with Crippen molar-refractivity contribution in [1.29, 1.82) is 0 Å². The van der Waals surface area contributed by atoms with Crippen LogP contribution in [0.3, 0.4) is 0 Å². The number of nitrogens with two attached hydrogens (primary N) is 1. The molecule has 2 aromatic carbocycles. The standard InChI is InChI=1S/C13H9Cl2N3O3/c14-9-3-2-8(6-12(9)18(20)21)17-13(19)7-1-4-11(16)10(15)5-7/h1-6H,16H2,(H,17,19). The molecule has 0 fully saturated rings. The van der Waals surface area contributed by atoms with E-state index in [1.54, 1.807) is 0 Å². The second-order valence-electron chi connectivity index (χ2n) is 4.11. The topological polar surface area (TPSA) is 98.3 Å². The summed E-state index contributed by atoms with van der Waals surface area (Å²) in [5.41, 5.74) is 6.17. The molecular weight excluding hydrogens is 317 g/mol. The zero-order valence-electron chi connectivity index (χ0n) is 10.5. The van der Waals surface area contributed by atoms with Crippen LogP contribution in [0, 0.1) is 10.1 Å². The van der Waals surface area contributed by atoms with Gasteiger partial charge in [-0.1, -0.05) is 23.2 Å². The number of nitrogens with zero attached hydrogens (tertiary/aromatic N) is 1. The molecule has 108 valence electrons. The first-order valence-electron chi connectivity index (χ1n) is 5.69. The summed E-state index contributed by atoms with van der Waals surface area (Å²) in [4.78, 5) is 22.2. The molecule has 0 saturated carbocycles. The minimum absolute atomic E-state index is 0.00599. The Balaban J connectivity index is 2.25. The molecule has 3 N–H and O–H groups in total. The minimum atomic E-state index is -0.627. The van der Waals surface area contributed by atoms with E-state index >= 15 is 0 Å². The van der Waals surface area contributed by atoms with Crippen LogP contribution in [0.15, 0.2) is 36.4 Å². The number of amides is 1. The van der Waals surface area contributed by atoms with Crippen LogP contribution in [0.5, 0.6) is 0 Å². The van der Waals surface area contributed by atoms with E-state index in [2.05, 4.69) is 5.32 Å². The number of nitrogens with one attached hydrogen (secondary N) is 1. The van der Waals surface area contributed by atoms with Crippen LogP contribution in [0.1, 0.15) is 10.4 Å². The molecule has 6 nitrogen and oxygen atoms in total. The van der Waals surface area contributed by atoms with Crippen molar-refractivity contribution < 1.29 is 9.72 Å². The fourth-order valence-electron chi connectivity index (χ4n) is 1.60. The lowest BCUT2D eigenvalue weighted by atomic mass is 10.2. The molecule has 0 aliphatic carbocycles. The lowest BCUT2D eigenvalue weighted by Crippen LogP contribution is -2.12. The molecule has 2 aromatic rings. The second kappa shape index (κ2) is 5.99. The molecular formula is C13H9Cl2N3O3. The van der Waals surface area contributed by atoms with E-state index < -0.39 is 10.8 Å². The number of carbonyl (C=O) groups is 1. The number of carbonyl (C=O) groups excluding carboxylic acids is 1. The summed E-state index contributed by atoms with van der Waals surface area (Å²) in [6.07, 6.45) is 0. The highest BCUT2D eigenvalue weighted by molar-refractivity contribution is 6.33. The van der Waals surface area contributed by atoms with Gasteiger partial charge in [0.1, 0.15) is 5.02 Å². The molecule has 0 aliphatic heterocycles. The molecule has 0 radical (unpaired) electrons.